The van der Waals surface area contributed by atoms with Crippen LogP contribution < -0.4 is 0 Å². The summed E-state index contributed by atoms with van der Waals surface area (Å²) in [6.45, 7) is 4.61. The Hall–Kier alpha value is -2.10. The molecule has 0 N–H and O–H groups in total. The molecule has 4 heteroatoms. The van der Waals surface area contributed by atoms with Crippen LogP contribution in [0.25, 0.3) is 11.1 Å². The van der Waals surface area contributed by atoms with E-state index in [0.717, 1.165) is 11.1 Å². The minimum absolute atomic E-state index is 0.181. The third kappa shape index (κ3) is 3.44. The molecule has 0 aliphatic heterocycles. The zero-order valence-corrected chi connectivity index (χ0v) is 11.2. The van der Waals surface area contributed by atoms with Crippen LogP contribution in [0, 0.1) is 5.92 Å². The molecule has 100 valence electrons. The maximum absolute atomic E-state index is 11.6. The van der Waals surface area contributed by atoms with Gasteiger partial charge in [0.25, 0.3) is 0 Å². The topological polar surface area (TPSA) is 44.1 Å². The maximum Gasteiger partial charge on any atom is 0.310 e. The van der Waals surface area contributed by atoms with Gasteiger partial charge in [-0.05, 0) is 12.5 Å². The van der Waals surface area contributed by atoms with E-state index in [1.54, 1.807) is 4.68 Å². The van der Waals surface area contributed by atoms with E-state index in [1.807, 2.05) is 56.6 Å². The number of carbonyl (C=O) groups is 1. The Labute approximate surface area is 113 Å². The van der Waals surface area contributed by atoms with Crippen molar-refractivity contribution in [2.45, 2.75) is 20.4 Å². The number of hydrogen-bond acceptors (Lipinski definition) is 3. The number of rotatable bonds is 5. The van der Waals surface area contributed by atoms with Crippen molar-refractivity contribution in [2.24, 2.45) is 5.92 Å². The van der Waals surface area contributed by atoms with Crippen molar-refractivity contribution in [3.05, 3.63) is 42.7 Å². The summed E-state index contributed by atoms with van der Waals surface area (Å²) in [6.07, 6.45) is 3.76. The molecule has 0 aliphatic carbocycles. The predicted molar refractivity (Wildman–Crippen MR) is 73.5 cm³/mol. The van der Waals surface area contributed by atoms with Crippen LogP contribution in [-0.4, -0.2) is 22.4 Å². The van der Waals surface area contributed by atoms with E-state index >= 15 is 0 Å². The minimum atomic E-state index is -0.191. The first-order valence-electron chi connectivity index (χ1n) is 6.45. The standard InChI is InChI=1S/C15H18N2O2/c1-3-19-15(18)12(2)10-17-11-14(9-16-17)13-7-5-4-6-8-13/h4-9,11-12H,3,10H2,1-2H3. The van der Waals surface area contributed by atoms with Gasteiger partial charge in [-0.2, -0.15) is 5.10 Å². The van der Waals surface area contributed by atoms with Crippen LogP contribution in [-0.2, 0) is 16.1 Å². The molecule has 1 unspecified atom stereocenters. The molecule has 0 saturated heterocycles. The number of ether oxygens (including phenoxy) is 1. The Bertz CT molecular complexity index is 534. The van der Waals surface area contributed by atoms with Crippen molar-refractivity contribution in [1.82, 2.24) is 9.78 Å². The Morgan fingerprint density at radius 2 is 2.05 bits per heavy atom. The summed E-state index contributed by atoms with van der Waals surface area (Å²) in [5.74, 6) is -0.372. The monoisotopic (exact) mass is 258 g/mol. The zero-order chi connectivity index (χ0) is 13.7. The molecule has 19 heavy (non-hydrogen) atoms. The lowest BCUT2D eigenvalue weighted by molar-refractivity contribution is -0.147. The van der Waals surface area contributed by atoms with E-state index in [-0.39, 0.29) is 11.9 Å². The average Bonchev–Trinajstić information content (AvgIpc) is 2.88. The van der Waals surface area contributed by atoms with Crippen LogP contribution in [0.2, 0.25) is 0 Å². The number of nitrogens with zero attached hydrogens (tertiary/aromatic N) is 2. The second kappa shape index (κ2) is 6.18. The van der Waals surface area contributed by atoms with Gasteiger partial charge in [0.1, 0.15) is 0 Å². The van der Waals surface area contributed by atoms with Crippen LogP contribution in [0.5, 0.6) is 0 Å². The fourth-order valence-electron chi connectivity index (χ4n) is 1.88. The van der Waals surface area contributed by atoms with Gasteiger partial charge >= 0.3 is 5.97 Å². The number of benzene rings is 1. The van der Waals surface area contributed by atoms with E-state index in [2.05, 4.69) is 5.10 Å². The number of esters is 1. The van der Waals surface area contributed by atoms with Gasteiger partial charge in [-0.15, -0.1) is 0 Å². The largest absolute Gasteiger partial charge is 0.466 e. The number of hydrogen-bond donors (Lipinski definition) is 0. The predicted octanol–water partition coefficient (Wildman–Crippen LogP) is 2.75. The normalized spacial score (nSPS) is 12.1. The van der Waals surface area contributed by atoms with Crippen molar-refractivity contribution < 1.29 is 9.53 Å². The van der Waals surface area contributed by atoms with E-state index < -0.39 is 0 Å². The van der Waals surface area contributed by atoms with Gasteiger partial charge in [-0.1, -0.05) is 37.3 Å². The van der Waals surface area contributed by atoms with Crippen LogP contribution in [0.15, 0.2) is 42.7 Å². The molecule has 2 aromatic rings. The first-order valence-corrected chi connectivity index (χ1v) is 6.45. The lowest BCUT2D eigenvalue weighted by Gasteiger charge is -2.09. The van der Waals surface area contributed by atoms with Gasteiger partial charge in [0.2, 0.25) is 0 Å². The Balaban J connectivity index is 2.04. The SMILES string of the molecule is CCOC(=O)C(C)Cn1cc(-c2ccccc2)cn1. The van der Waals surface area contributed by atoms with Crippen molar-refractivity contribution >= 4 is 5.97 Å². The Kier molecular flexibility index (Phi) is 4.34. The van der Waals surface area contributed by atoms with Crippen LogP contribution in [0.1, 0.15) is 13.8 Å². The first-order chi connectivity index (χ1) is 9.20. The molecule has 0 radical (unpaired) electrons. The van der Waals surface area contributed by atoms with Gasteiger partial charge in [-0.3, -0.25) is 9.48 Å². The maximum atomic E-state index is 11.6. The summed E-state index contributed by atoms with van der Waals surface area (Å²) in [4.78, 5) is 11.6. The lowest BCUT2D eigenvalue weighted by Crippen LogP contribution is -2.20. The van der Waals surface area contributed by atoms with Gasteiger partial charge in [-0.25, -0.2) is 0 Å². The third-order valence-corrected chi connectivity index (χ3v) is 2.89. The average molecular weight is 258 g/mol. The smallest absolute Gasteiger partial charge is 0.310 e. The molecular weight excluding hydrogens is 240 g/mol. The van der Waals surface area contributed by atoms with Gasteiger partial charge in [0.05, 0.1) is 25.3 Å². The summed E-state index contributed by atoms with van der Waals surface area (Å²) < 4.78 is 6.77. The highest BCUT2D eigenvalue weighted by Crippen LogP contribution is 2.18. The van der Waals surface area contributed by atoms with Crippen molar-refractivity contribution in [2.75, 3.05) is 6.61 Å². The molecule has 1 atom stereocenters. The highest BCUT2D eigenvalue weighted by Gasteiger charge is 2.15. The van der Waals surface area contributed by atoms with E-state index in [0.29, 0.717) is 13.2 Å². The van der Waals surface area contributed by atoms with Crippen molar-refractivity contribution in [3.63, 3.8) is 0 Å². The molecule has 0 aliphatic rings. The van der Waals surface area contributed by atoms with Gasteiger partial charge < -0.3 is 4.74 Å². The molecule has 0 amide bonds. The molecule has 0 bridgehead atoms. The number of carbonyl (C=O) groups excluding carboxylic acids is 1. The minimum Gasteiger partial charge on any atom is -0.466 e. The quantitative estimate of drug-likeness (QED) is 0.774. The summed E-state index contributed by atoms with van der Waals surface area (Å²) in [6, 6.07) is 10.0. The fraction of sp³-hybridized carbons (Fsp3) is 0.333. The molecule has 1 aromatic heterocycles. The van der Waals surface area contributed by atoms with Gasteiger partial charge in [0.15, 0.2) is 0 Å². The highest BCUT2D eigenvalue weighted by molar-refractivity contribution is 5.71. The van der Waals surface area contributed by atoms with Crippen LogP contribution >= 0.6 is 0 Å². The number of aromatic nitrogens is 2. The van der Waals surface area contributed by atoms with Crippen molar-refractivity contribution in [3.8, 4) is 11.1 Å². The van der Waals surface area contributed by atoms with Crippen LogP contribution in [0.3, 0.4) is 0 Å². The molecule has 0 saturated carbocycles. The molecule has 4 nitrogen and oxygen atoms in total. The Morgan fingerprint density at radius 3 is 2.74 bits per heavy atom. The van der Waals surface area contributed by atoms with E-state index in [1.165, 1.54) is 0 Å². The summed E-state index contributed by atoms with van der Waals surface area (Å²) >= 11 is 0. The summed E-state index contributed by atoms with van der Waals surface area (Å²) in [5, 5.41) is 4.28. The molecule has 2 rings (SSSR count). The van der Waals surface area contributed by atoms with Crippen LogP contribution in [0.4, 0.5) is 0 Å². The van der Waals surface area contributed by atoms with Crippen molar-refractivity contribution in [1.29, 1.82) is 0 Å². The molecule has 1 aromatic carbocycles. The Morgan fingerprint density at radius 1 is 1.32 bits per heavy atom. The zero-order valence-electron chi connectivity index (χ0n) is 11.2. The third-order valence-electron chi connectivity index (χ3n) is 2.89. The molecule has 1 heterocycles. The van der Waals surface area contributed by atoms with Gasteiger partial charge in [0, 0.05) is 11.8 Å². The summed E-state index contributed by atoms with van der Waals surface area (Å²) in [5.41, 5.74) is 2.18. The second-order valence-corrected chi connectivity index (χ2v) is 4.47. The highest BCUT2D eigenvalue weighted by atomic mass is 16.5. The fourth-order valence-corrected chi connectivity index (χ4v) is 1.88. The molecule has 0 spiro atoms. The van der Waals surface area contributed by atoms with E-state index in [4.69, 9.17) is 4.74 Å². The van der Waals surface area contributed by atoms with E-state index in [9.17, 15) is 4.79 Å². The lowest BCUT2D eigenvalue weighted by atomic mass is 10.1. The summed E-state index contributed by atoms with van der Waals surface area (Å²) in [7, 11) is 0. The second-order valence-electron chi connectivity index (χ2n) is 4.47. The molecule has 0 fully saturated rings. The molecular formula is C15H18N2O2. The first kappa shape index (κ1) is 13.3.